The van der Waals surface area contributed by atoms with Gasteiger partial charge >= 0.3 is 0 Å². The van der Waals surface area contributed by atoms with E-state index >= 15 is 0 Å². The third kappa shape index (κ3) is 3.73. The van der Waals surface area contributed by atoms with Gasteiger partial charge in [-0.1, -0.05) is 36.4 Å². The molecular weight excluding hydrogens is 322 g/mol. The summed E-state index contributed by atoms with van der Waals surface area (Å²) in [7, 11) is 0. The fourth-order valence-corrected chi connectivity index (χ4v) is 3.20. The van der Waals surface area contributed by atoms with Gasteiger partial charge in [0.15, 0.2) is 5.82 Å². The van der Waals surface area contributed by atoms with Crippen molar-refractivity contribution in [3.8, 4) is 0 Å². The van der Waals surface area contributed by atoms with Gasteiger partial charge in [0.25, 0.3) is 0 Å². The minimum Gasteiger partial charge on any atom is -0.325 e. The smallest absolute Gasteiger partial charge is 0.234 e. The molecule has 0 atom stereocenters. The van der Waals surface area contributed by atoms with Crippen LogP contribution in [0.15, 0.2) is 42.5 Å². The summed E-state index contributed by atoms with van der Waals surface area (Å²) < 4.78 is 1.77. The molecule has 124 valence electrons. The fraction of sp³-hybridized carbons (Fsp3) is 0.294. The standard InChI is InChI=1S/C17H19N5OS/c1-12(2)22-16(19-20-21-22)10-24-11-17(23)18-15-9-5-7-13-6-3-4-8-14(13)15/h3-9,12H,10-11H2,1-2H3,(H,18,23). The van der Waals surface area contributed by atoms with Crippen LogP contribution in [0.1, 0.15) is 25.7 Å². The van der Waals surface area contributed by atoms with Gasteiger partial charge in [-0.15, -0.1) is 16.9 Å². The van der Waals surface area contributed by atoms with E-state index in [0.717, 1.165) is 22.3 Å². The van der Waals surface area contributed by atoms with Crippen LogP contribution in [0.5, 0.6) is 0 Å². The van der Waals surface area contributed by atoms with Crippen molar-refractivity contribution in [1.82, 2.24) is 20.2 Å². The Hall–Kier alpha value is -2.41. The predicted molar refractivity (Wildman–Crippen MR) is 96.9 cm³/mol. The summed E-state index contributed by atoms with van der Waals surface area (Å²) in [5.74, 6) is 1.72. The molecule has 3 rings (SSSR count). The van der Waals surface area contributed by atoms with E-state index in [2.05, 4.69) is 20.8 Å². The molecule has 0 aliphatic carbocycles. The number of carbonyl (C=O) groups excluding carboxylic acids is 1. The minimum atomic E-state index is -0.0278. The second kappa shape index (κ2) is 7.44. The third-order valence-corrected chi connectivity index (χ3v) is 4.51. The van der Waals surface area contributed by atoms with Gasteiger partial charge < -0.3 is 5.32 Å². The van der Waals surface area contributed by atoms with Crippen molar-refractivity contribution in [3.63, 3.8) is 0 Å². The first kappa shape index (κ1) is 16.4. The van der Waals surface area contributed by atoms with Crippen LogP contribution in [-0.4, -0.2) is 31.9 Å². The highest BCUT2D eigenvalue weighted by atomic mass is 32.2. The molecule has 6 nitrogen and oxygen atoms in total. The van der Waals surface area contributed by atoms with Crippen LogP contribution in [0.3, 0.4) is 0 Å². The van der Waals surface area contributed by atoms with Crippen LogP contribution in [0.2, 0.25) is 0 Å². The van der Waals surface area contributed by atoms with E-state index in [1.165, 1.54) is 11.8 Å². The van der Waals surface area contributed by atoms with Crippen molar-refractivity contribution < 1.29 is 4.79 Å². The Morgan fingerprint density at radius 2 is 2.00 bits per heavy atom. The Bertz CT molecular complexity index is 840. The van der Waals surface area contributed by atoms with Crippen molar-refractivity contribution in [2.75, 3.05) is 11.1 Å². The molecule has 7 heteroatoms. The summed E-state index contributed by atoms with van der Waals surface area (Å²) >= 11 is 1.50. The summed E-state index contributed by atoms with van der Waals surface area (Å²) in [6, 6.07) is 14.1. The number of anilines is 1. The Kier molecular flexibility index (Phi) is 5.10. The Morgan fingerprint density at radius 3 is 2.83 bits per heavy atom. The number of hydrogen-bond donors (Lipinski definition) is 1. The van der Waals surface area contributed by atoms with Crippen molar-refractivity contribution in [2.45, 2.75) is 25.6 Å². The monoisotopic (exact) mass is 341 g/mol. The van der Waals surface area contributed by atoms with Gasteiger partial charge in [-0.25, -0.2) is 4.68 Å². The number of benzene rings is 2. The largest absolute Gasteiger partial charge is 0.325 e. The first-order valence-corrected chi connectivity index (χ1v) is 8.92. The van der Waals surface area contributed by atoms with Gasteiger partial charge in [-0.05, 0) is 35.7 Å². The number of hydrogen-bond acceptors (Lipinski definition) is 5. The Balaban J connectivity index is 1.59. The number of tetrazole rings is 1. The topological polar surface area (TPSA) is 72.7 Å². The molecule has 0 aliphatic heterocycles. The first-order valence-electron chi connectivity index (χ1n) is 7.77. The Labute approximate surface area is 144 Å². The number of amides is 1. The summed E-state index contributed by atoms with van der Waals surface area (Å²) in [4.78, 5) is 12.2. The van der Waals surface area contributed by atoms with Crippen molar-refractivity contribution in [3.05, 3.63) is 48.3 Å². The van der Waals surface area contributed by atoms with Gasteiger partial charge in [0.1, 0.15) is 0 Å². The van der Waals surface area contributed by atoms with E-state index in [-0.39, 0.29) is 11.9 Å². The fourth-order valence-electron chi connectivity index (χ4n) is 2.46. The Morgan fingerprint density at radius 1 is 1.21 bits per heavy atom. The average molecular weight is 341 g/mol. The lowest BCUT2D eigenvalue weighted by atomic mass is 10.1. The van der Waals surface area contributed by atoms with Gasteiger partial charge in [0.05, 0.1) is 17.5 Å². The normalized spacial score (nSPS) is 11.1. The maximum Gasteiger partial charge on any atom is 0.234 e. The van der Waals surface area contributed by atoms with Crippen molar-refractivity contribution >= 4 is 34.1 Å². The van der Waals surface area contributed by atoms with E-state index in [9.17, 15) is 4.79 Å². The molecule has 24 heavy (non-hydrogen) atoms. The van der Waals surface area contributed by atoms with Crippen LogP contribution in [0, 0.1) is 0 Å². The molecule has 0 radical (unpaired) electrons. The van der Waals surface area contributed by atoms with E-state index in [4.69, 9.17) is 0 Å². The quantitative estimate of drug-likeness (QED) is 0.745. The molecule has 0 fully saturated rings. The lowest BCUT2D eigenvalue weighted by Gasteiger charge is -2.09. The molecule has 1 aromatic heterocycles. The lowest BCUT2D eigenvalue weighted by molar-refractivity contribution is -0.113. The van der Waals surface area contributed by atoms with Crippen molar-refractivity contribution in [2.24, 2.45) is 0 Å². The number of thioether (sulfide) groups is 1. The molecule has 1 amide bonds. The minimum absolute atomic E-state index is 0.0278. The average Bonchev–Trinajstić information content (AvgIpc) is 3.04. The van der Waals surface area contributed by atoms with E-state index < -0.39 is 0 Å². The number of aromatic nitrogens is 4. The number of rotatable bonds is 6. The van der Waals surface area contributed by atoms with E-state index in [1.54, 1.807) is 4.68 Å². The molecule has 0 saturated heterocycles. The van der Waals surface area contributed by atoms with Crippen LogP contribution in [0.4, 0.5) is 5.69 Å². The summed E-state index contributed by atoms with van der Waals surface area (Å²) in [5, 5.41) is 16.8. The third-order valence-electron chi connectivity index (χ3n) is 3.58. The van der Waals surface area contributed by atoms with E-state index in [1.807, 2.05) is 56.3 Å². The second-order valence-electron chi connectivity index (χ2n) is 5.70. The summed E-state index contributed by atoms with van der Waals surface area (Å²) in [5.41, 5.74) is 0.839. The molecular formula is C17H19N5OS. The second-order valence-corrected chi connectivity index (χ2v) is 6.69. The highest BCUT2D eigenvalue weighted by Crippen LogP contribution is 2.23. The maximum atomic E-state index is 12.2. The van der Waals surface area contributed by atoms with E-state index in [0.29, 0.717) is 11.5 Å². The van der Waals surface area contributed by atoms with Crippen LogP contribution in [0.25, 0.3) is 10.8 Å². The number of fused-ring (bicyclic) bond motifs is 1. The van der Waals surface area contributed by atoms with Crippen LogP contribution in [-0.2, 0) is 10.5 Å². The molecule has 2 aromatic carbocycles. The van der Waals surface area contributed by atoms with Gasteiger partial charge in [-0.2, -0.15) is 0 Å². The van der Waals surface area contributed by atoms with Gasteiger partial charge in [0.2, 0.25) is 5.91 Å². The van der Waals surface area contributed by atoms with Crippen molar-refractivity contribution in [1.29, 1.82) is 0 Å². The molecule has 1 heterocycles. The molecule has 1 N–H and O–H groups in total. The zero-order valence-corrected chi connectivity index (χ0v) is 14.5. The SMILES string of the molecule is CC(C)n1nnnc1CSCC(=O)Nc1cccc2ccccc12. The summed E-state index contributed by atoms with van der Waals surface area (Å²) in [6.45, 7) is 4.05. The molecule has 0 bridgehead atoms. The summed E-state index contributed by atoms with van der Waals surface area (Å²) in [6.07, 6.45) is 0. The number of nitrogens with one attached hydrogen (secondary N) is 1. The molecule has 3 aromatic rings. The molecule has 0 unspecified atom stereocenters. The zero-order chi connectivity index (χ0) is 16.9. The van der Waals surface area contributed by atoms with Crippen LogP contribution < -0.4 is 5.32 Å². The zero-order valence-electron chi connectivity index (χ0n) is 13.6. The lowest BCUT2D eigenvalue weighted by Crippen LogP contribution is -2.15. The number of carbonyl (C=O) groups is 1. The number of nitrogens with zero attached hydrogens (tertiary/aromatic N) is 4. The highest BCUT2D eigenvalue weighted by Gasteiger charge is 2.11. The van der Waals surface area contributed by atoms with Crippen LogP contribution >= 0.6 is 11.8 Å². The van der Waals surface area contributed by atoms with Gasteiger partial charge in [0, 0.05) is 11.1 Å². The molecule has 0 saturated carbocycles. The predicted octanol–water partition coefficient (Wildman–Crippen LogP) is 3.28. The maximum absolute atomic E-state index is 12.2. The van der Waals surface area contributed by atoms with Gasteiger partial charge in [-0.3, -0.25) is 4.79 Å². The molecule has 0 aliphatic rings. The molecule has 0 spiro atoms. The first-order chi connectivity index (χ1) is 11.6. The highest BCUT2D eigenvalue weighted by molar-refractivity contribution is 7.99.